The summed E-state index contributed by atoms with van der Waals surface area (Å²) in [5.41, 5.74) is -0.147. The van der Waals surface area contributed by atoms with Crippen LogP contribution in [0.4, 0.5) is 5.82 Å². The van der Waals surface area contributed by atoms with Crippen LogP contribution in [0.15, 0.2) is 29.1 Å². The van der Waals surface area contributed by atoms with Gasteiger partial charge in [0.1, 0.15) is 0 Å². The fourth-order valence-corrected chi connectivity index (χ4v) is 2.19. The highest BCUT2D eigenvalue weighted by molar-refractivity contribution is 5.90. The van der Waals surface area contributed by atoms with Crippen LogP contribution in [-0.2, 0) is 0 Å². The van der Waals surface area contributed by atoms with Gasteiger partial charge in [0.25, 0.3) is 5.56 Å². The quantitative estimate of drug-likeness (QED) is 0.652. The monoisotopic (exact) mass is 288 g/mol. The van der Waals surface area contributed by atoms with E-state index in [1.54, 1.807) is 0 Å². The first-order valence-corrected chi connectivity index (χ1v) is 7.60. The van der Waals surface area contributed by atoms with E-state index in [9.17, 15) is 4.79 Å². The van der Waals surface area contributed by atoms with Crippen molar-refractivity contribution in [2.75, 3.05) is 25.0 Å². The van der Waals surface area contributed by atoms with Crippen molar-refractivity contribution in [2.45, 2.75) is 26.7 Å². The Morgan fingerprint density at radius 2 is 1.90 bits per heavy atom. The average Bonchev–Trinajstić information content (AvgIpc) is 2.48. The Labute approximate surface area is 125 Å². The zero-order valence-corrected chi connectivity index (χ0v) is 12.8. The van der Waals surface area contributed by atoms with Gasteiger partial charge in [-0.25, -0.2) is 5.10 Å². The van der Waals surface area contributed by atoms with Gasteiger partial charge in [-0.15, -0.1) is 0 Å². The normalized spacial score (nSPS) is 11.2. The minimum Gasteiger partial charge on any atom is -0.368 e. The zero-order chi connectivity index (χ0) is 15.1. The second kappa shape index (κ2) is 7.78. The fraction of sp³-hybridized carbons (Fsp3) is 0.500. The molecule has 2 aromatic rings. The SMILES string of the molecule is CC(C)CCNCCCNc1n[nH]c(=O)c2ccccc12. The summed E-state index contributed by atoms with van der Waals surface area (Å²) in [4.78, 5) is 11.7. The summed E-state index contributed by atoms with van der Waals surface area (Å²) < 4.78 is 0. The molecule has 0 atom stereocenters. The summed E-state index contributed by atoms with van der Waals surface area (Å²) in [7, 11) is 0. The van der Waals surface area contributed by atoms with Crippen LogP contribution in [-0.4, -0.2) is 29.8 Å². The summed E-state index contributed by atoms with van der Waals surface area (Å²) in [6.45, 7) is 7.35. The fourth-order valence-electron chi connectivity index (χ4n) is 2.19. The van der Waals surface area contributed by atoms with Crippen molar-refractivity contribution in [2.24, 2.45) is 5.92 Å². The van der Waals surface area contributed by atoms with Gasteiger partial charge < -0.3 is 10.6 Å². The number of anilines is 1. The lowest BCUT2D eigenvalue weighted by Crippen LogP contribution is -2.21. The Balaban J connectivity index is 1.82. The van der Waals surface area contributed by atoms with Gasteiger partial charge in [0.2, 0.25) is 0 Å². The largest absolute Gasteiger partial charge is 0.368 e. The van der Waals surface area contributed by atoms with Crippen molar-refractivity contribution in [3.63, 3.8) is 0 Å². The maximum absolute atomic E-state index is 11.7. The minimum absolute atomic E-state index is 0.147. The highest BCUT2D eigenvalue weighted by Crippen LogP contribution is 2.16. The number of fused-ring (bicyclic) bond motifs is 1. The smallest absolute Gasteiger partial charge is 0.272 e. The Morgan fingerprint density at radius 1 is 1.14 bits per heavy atom. The van der Waals surface area contributed by atoms with Crippen molar-refractivity contribution in [1.29, 1.82) is 0 Å². The van der Waals surface area contributed by atoms with E-state index in [1.165, 1.54) is 6.42 Å². The molecule has 3 N–H and O–H groups in total. The molecular weight excluding hydrogens is 264 g/mol. The van der Waals surface area contributed by atoms with Crippen LogP contribution in [0.3, 0.4) is 0 Å². The van der Waals surface area contributed by atoms with Gasteiger partial charge >= 0.3 is 0 Å². The third kappa shape index (κ3) is 4.56. The maximum atomic E-state index is 11.7. The van der Waals surface area contributed by atoms with E-state index < -0.39 is 0 Å². The highest BCUT2D eigenvalue weighted by atomic mass is 16.1. The van der Waals surface area contributed by atoms with Crippen molar-refractivity contribution in [3.05, 3.63) is 34.6 Å². The molecule has 0 aliphatic heterocycles. The van der Waals surface area contributed by atoms with Gasteiger partial charge in [-0.3, -0.25) is 4.79 Å². The van der Waals surface area contributed by atoms with E-state index >= 15 is 0 Å². The second-order valence-electron chi connectivity index (χ2n) is 5.66. The number of hydrogen-bond donors (Lipinski definition) is 3. The molecule has 2 rings (SSSR count). The van der Waals surface area contributed by atoms with E-state index in [1.807, 2.05) is 24.3 Å². The first-order valence-electron chi connectivity index (χ1n) is 7.60. The van der Waals surface area contributed by atoms with Gasteiger partial charge in [0, 0.05) is 11.9 Å². The van der Waals surface area contributed by atoms with E-state index in [0.717, 1.165) is 43.2 Å². The van der Waals surface area contributed by atoms with Crippen LogP contribution in [0, 0.1) is 5.92 Å². The highest BCUT2D eigenvalue weighted by Gasteiger charge is 2.04. The number of nitrogens with one attached hydrogen (secondary N) is 3. The van der Waals surface area contributed by atoms with Crippen molar-refractivity contribution in [3.8, 4) is 0 Å². The van der Waals surface area contributed by atoms with Crippen LogP contribution < -0.4 is 16.2 Å². The van der Waals surface area contributed by atoms with Crippen molar-refractivity contribution < 1.29 is 0 Å². The molecule has 0 amide bonds. The summed E-state index contributed by atoms with van der Waals surface area (Å²) in [6, 6.07) is 7.51. The van der Waals surface area contributed by atoms with E-state index in [2.05, 4.69) is 34.7 Å². The van der Waals surface area contributed by atoms with Gasteiger partial charge in [0.05, 0.1) is 5.39 Å². The molecule has 114 valence electrons. The molecule has 21 heavy (non-hydrogen) atoms. The molecule has 1 aromatic heterocycles. The molecule has 0 radical (unpaired) electrons. The third-order valence-corrected chi connectivity index (χ3v) is 3.42. The van der Waals surface area contributed by atoms with Gasteiger partial charge in [-0.05, 0) is 37.9 Å². The summed E-state index contributed by atoms with van der Waals surface area (Å²) >= 11 is 0. The van der Waals surface area contributed by atoms with Crippen LogP contribution in [0.1, 0.15) is 26.7 Å². The van der Waals surface area contributed by atoms with Gasteiger partial charge in [-0.1, -0.05) is 32.0 Å². The molecule has 0 bridgehead atoms. The number of aromatic amines is 1. The lowest BCUT2D eigenvalue weighted by molar-refractivity contribution is 0.535. The molecule has 0 aliphatic rings. The summed E-state index contributed by atoms with van der Waals surface area (Å²) in [5, 5.41) is 14.9. The van der Waals surface area contributed by atoms with Crippen LogP contribution in [0.25, 0.3) is 10.8 Å². The minimum atomic E-state index is -0.147. The Kier molecular flexibility index (Phi) is 5.75. The van der Waals surface area contributed by atoms with E-state index in [4.69, 9.17) is 0 Å². The molecule has 0 saturated carbocycles. The van der Waals surface area contributed by atoms with E-state index in [-0.39, 0.29) is 5.56 Å². The molecule has 5 nitrogen and oxygen atoms in total. The predicted molar refractivity (Wildman–Crippen MR) is 87.8 cm³/mol. The lowest BCUT2D eigenvalue weighted by Gasteiger charge is -2.09. The van der Waals surface area contributed by atoms with E-state index in [0.29, 0.717) is 5.39 Å². The number of nitrogens with zero attached hydrogens (tertiary/aromatic N) is 1. The topological polar surface area (TPSA) is 69.8 Å². The number of H-pyrrole nitrogens is 1. The lowest BCUT2D eigenvalue weighted by atomic mass is 10.1. The molecular formula is C16H24N4O. The average molecular weight is 288 g/mol. The third-order valence-electron chi connectivity index (χ3n) is 3.42. The molecule has 1 aromatic carbocycles. The summed E-state index contributed by atoms with van der Waals surface area (Å²) in [5.74, 6) is 1.49. The molecule has 1 heterocycles. The number of rotatable bonds is 8. The molecule has 0 fully saturated rings. The number of aromatic nitrogens is 2. The maximum Gasteiger partial charge on any atom is 0.272 e. The predicted octanol–water partition coefficient (Wildman–Crippen LogP) is 2.36. The molecule has 0 saturated heterocycles. The molecule has 0 spiro atoms. The van der Waals surface area contributed by atoms with Gasteiger partial charge in [0.15, 0.2) is 5.82 Å². The molecule has 0 aliphatic carbocycles. The van der Waals surface area contributed by atoms with Crippen LogP contribution >= 0.6 is 0 Å². The Morgan fingerprint density at radius 3 is 2.67 bits per heavy atom. The van der Waals surface area contributed by atoms with Crippen LogP contribution in [0.2, 0.25) is 0 Å². The molecule has 5 heteroatoms. The molecule has 0 unspecified atom stereocenters. The Bertz CT molecular complexity index is 621. The van der Waals surface area contributed by atoms with Crippen molar-refractivity contribution >= 4 is 16.6 Å². The number of benzene rings is 1. The second-order valence-corrected chi connectivity index (χ2v) is 5.66. The Hall–Kier alpha value is -1.88. The first-order chi connectivity index (χ1) is 10.2. The van der Waals surface area contributed by atoms with Gasteiger partial charge in [-0.2, -0.15) is 5.10 Å². The first kappa shape index (κ1) is 15.5. The summed E-state index contributed by atoms with van der Waals surface area (Å²) in [6.07, 6.45) is 2.23. The van der Waals surface area contributed by atoms with Crippen LogP contribution in [0.5, 0.6) is 0 Å². The standard InChI is InChI=1S/C16H24N4O/c1-12(2)8-11-17-9-5-10-18-15-13-6-3-4-7-14(13)16(21)20-19-15/h3-4,6-7,12,17H,5,8-11H2,1-2H3,(H,18,19)(H,20,21). The number of hydrogen-bond acceptors (Lipinski definition) is 4. The zero-order valence-electron chi connectivity index (χ0n) is 12.8. The van der Waals surface area contributed by atoms with Crippen molar-refractivity contribution in [1.82, 2.24) is 15.5 Å².